The molecule has 1 saturated heterocycles. The molecule has 0 radical (unpaired) electrons. The lowest BCUT2D eigenvalue weighted by atomic mass is 10.1. The van der Waals surface area contributed by atoms with E-state index in [1.807, 2.05) is 0 Å². The van der Waals surface area contributed by atoms with E-state index in [9.17, 15) is 0 Å². The van der Waals surface area contributed by atoms with Gasteiger partial charge in [0.05, 0.1) is 0 Å². The fraction of sp³-hybridized carbons (Fsp3) is 0.909. The van der Waals surface area contributed by atoms with Crippen LogP contribution in [0.3, 0.4) is 0 Å². The maximum Gasteiger partial charge on any atom is 0.166 e. The standard InChI is InChI=1S/C11H23N3S/c1-4-14-7-5-6-10(8-14)13-11(15)12-9(2)3/h9-10H,4-8H2,1-3H3,(H2,12,13,15). The average Bonchev–Trinajstić information content (AvgIpc) is 2.16. The Balaban J connectivity index is 2.28. The van der Waals surface area contributed by atoms with E-state index in [2.05, 4.69) is 36.3 Å². The fourth-order valence-corrected chi connectivity index (χ4v) is 2.35. The molecule has 1 fully saturated rings. The van der Waals surface area contributed by atoms with Gasteiger partial charge < -0.3 is 15.5 Å². The Morgan fingerprint density at radius 1 is 1.53 bits per heavy atom. The summed E-state index contributed by atoms with van der Waals surface area (Å²) in [5.74, 6) is 0. The van der Waals surface area contributed by atoms with Crippen LogP contribution in [0, 0.1) is 0 Å². The van der Waals surface area contributed by atoms with Crippen LogP contribution in [0.2, 0.25) is 0 Å². The molecule has 3 nitrogen and oxygen atoms in total. The summed E-state index contributed by atoms with van der Waals surface area (Å²) in [6.45, 7) is 9.92. The highest BCUT2D eigenvalue weighted by Gasteiger charge is 2.18. The number of nitrogens with zero attached hydrogens (tertiary/aromatic N) is 1. The zero-order chi connectivity index (χ0) is 11.3. The Hall–Kier alpha value is -0.350. The molecule has 1 heterocycles. The highest BCUT2D eigenvalue weighted by atomic mass is 32.1. The van der Waals surface area contributed by atoms with Crippen LogP contribution in [0.1, 0.15) is 33.6 Å². The van der Waals surface area contributed by atoms with Crippen molar-refractivity contribution in [3.05, 3.63) is 0 Å². The van der Waals surface area contributed by atoms with Crippen LogP contribution in [-0.2, 0) is 0 Å². The molecular weight excluding hydrogens is 206 g/mol. The van der Waals surface area contributed by atoms with E-state index >= 15 is 0 Å². The molecule has 15 heavy (non-hydrogen) atoms. The van der Waals surface area contributed by atoms with Crippen molar-refractivity contribution in [3.8, 4) is 0 Å². The third kappa shape index (κ3) is 4.80. The van der Waals surface area contributed by atoms with E-state index < -0.39 is 0 Å². The quantitative estimate of drug-likeness (QED) is 0.714. The van der Waals surface area contributed by atoms with Crippen molar-refractivity contribution in [3.63, 3.8) is 0 Å². The third-order valence-electron chi connectivity index (χ3n) is 2.71. The molecule has 0 aromatic carbocycles. The van der Waals surface area contributed by atoms with Gasteiger partial charge in [-0.25, -0.2) is 0 Å². The predicted octanol–water partition coefficient (Wildman–Crippen LogP) is 1.34. The minimum Gasteiger partial charge on any atom is -0.361 e. The topological polar surface area (TPSA) is 27.3 Å². The maximum absolute atomic E-state index is 5.25. The minimum absolute atomic E-state index is 0.413. The van der Waals surface area contributed by atoms with Gasteiger partial charge in [0, 0.05) is 18.6 Å². The Bertz CT molecular complexity index is 206. The van der Waals surface area contributed by atoms with Crippen LogP contribution in [0.4, 0.5) is 0 Å². The summed E-state index contributed by atoms with van der Waals surface area (Å²) in [5, 5.41) is 7.42. The van der Waals surface area contributed by atoms with Gasteiger partial charge in [-0.2, -0.15) is 0 Å². The molecule has 4 heteroatoms. The SMILES string of the molecule is CCN1CCCC(NC(=S)NC(C)C)C1. The van der Waals surface area contributed by atoms with Crippen molar-refractivity contribution in [2.45, 2.75) is 45.7 Å². The number of likely N-dealkylation sites (tertiary alicyclic amines) is 1. The highest BCUT2D eigenvalue weighted by Crippen LogP contribution is 2.09. The number of nitrogens with one attached hydrogen (secondary N) is 2. The first-order valence-corrected chi connectivity index (χ1v) is 6.32. The number of hydrogen-bond acceptors (Lipinski definition) is 2. The van der Waals surface area contributed by atoms with Crippen LogP contribution in [-0.4, -0.2) is 41.7 Å². The van der Waals surface area contributed by atoms with Crippen molar-refractivity contribution < 1.29 is 0 Å². The van der Waals surface area contributed by atoms with Crippen molar-refractivity contribution >= 4 is 17.3 Å². The first-order chi connectivity index (χ1) is 7.11. The first kappa shape index (κ1) is 12.7. The Kier molecular flexibility index (Phi) is 5.32. The normalized spacial score (nSPS) is 22.8. The van der Waals surface area contributed by atoms with Crippen LogP contribution in [0.15, 0.2) is 0 Å². The second-order valence-electron chi connectivity index (χ2n) is 4.50. The highest BCUT2D eigenvalue weighted by molar-refractivity contribution is 7.80. The Morgan fingerprint density at radius 2 is 2.27 bits per heavy atom. The lowest BCUT2D eigenvalue weighted by molar-refractivity contribution is 0.210. The van der Waals surface area contributed by atoms with E-state index in [1.165, 1.54) is 19.4 Å². The van der Waals surface area contributed by atoms with Crippen LogP contribution in [0.5, 0.6) is 0 Å². The number of piperidine rings is 1. The molecular formula is C11H23N3S. The average molecular weight is 229 g/mol. The summed E-state index contributed by atoms with van der Waals surface area (Å²) in [7, 11) is 0. The van der Waals surface area contributed by atoms with Gasteiger partial charge in [-0.15, -0.1) is 0 Å². The molecule has 1 unspecified atom stereocenters. The maximum atomic E-state index is 5.25. The van der Waals surface area contributed by atoms with Crippen molar-refractivity contribution in [1.29, 1.82) is 0 Å². The molecule has 0 saturated carbocycles. The summed E-state index contributed by atoms with van der Waals surface area (Å²) in [6.07, 6.45) is 2.51. The number of hydrogen-bond donors (Lipinski definition) is 2. The Morgan fingerprint density at radius 3 is 2.87 bits per heavy atom. The van der Waals surface area contributed by atoms with Crippen molar-refractivity contribution in [1.82, 2.24) is 15.5 Å². The van der Waals surface area contributed by atoms with E-state index in [1.54, 1.807) is 0 Å². The van der Waals surface area contributed by atoms with Gasteiger partial charge in [-0.05, 0) is 52.0 Å². The molecule has 2 N–H and O–H groups in total. The number of rotatable bonds is 3. The molecule has 0 bridgehead atoms. The second-order valence-corrected chi connectivity index (χ2v) is 4.91. The molecule has 0 amide bonds. The molecule has 0 spiro atoms. The largest absolute Gasteiger partial charge is 0.361 e. The van der Waals surface area contributed by atoms with E-state index in [0.29, 0.717) is 12.1 Å². The summed E-state index contributed by atoms with van der Waals surface area (Å²) >= 11 is 5.25. The van der Waals surface area contributed by atoms with Crippen LogP contribution >= 0.6 is 12.2 Å². The van der Waals surface area contributed by atoms with Crippen molar-refractivity contribution in [2.24, 2.45) is 0 Å². The molecule has 0 aromatic heterocycles. The second kappa shape index (κ2) is 6.28. The first-order valence-electron chi connectivity index (χ1n) is 5.91. The van der Waals surface area contributed by atoms with Gasteiger partial charge in [0.1, 0.15) is 0 Å². The molecule has 0 aliphatic carbocycles. The zero-order valence-corrected chi connectivity index (χ0v) is 10.9. The van der Waals surface area contributed by atoms with Gasteiger partial charge in [0.25, 0.3) is 0 Å². The summed E-state index contributed by atoms with van der Waals surface area (Å²) in [5.41, 5.74) is 0. The molecule has 1 aliphatic heterocycles. The van der Waals surface area contributed by atoms with Gasteiger partial charge in [0.2, 0.25) is 0 Å². The summed E-state index contributed by atoms with van der Waals surface area (Å²) in [6, 6.07) is 0.938. The lowest BCUT2D eigenvalue weighted by Crippen LogP contribution is -2.51. The molecule has 1 atom stereocenters. The predicted molar refractivity (Wildman–Crippen MR) is 69.1 cm³/mol. The molecule has 1 aliphatic rings. The lowest BCUT2D eigenvalue weighted by Gasteiger charge is -2.33. The third-order valence-corrected chi connectivity index (χ3v) is 2.94. The van der Waals surface area contributed by atoms with Gasteiger partial charge in [-0.1, -0.05) is 6.92 Å². The van der Waals surface area contributed by atoms with Crippen LogP contribution < -0.4 is 10.6 Å². The summed E-state index contributed by atoms with van der Waals surface area (Å²) < 4.78 is 0. The molecule has 1 rings (SSSR count). The number of likely N-dealkylation sites (N-methyl/N-ethyl adjacent to an activating group) is 1. The van der Waals surface area contributed by atoms with E-state index in [-0.39, 0.29) is 0 Å². The molecule has 0 aromatic rings. The monoisotopic (exact) mass is 229 g/mol. The van der Waals surface area contributed by atoms with Gasteiger partial charge in [-0.3, -0.25) is 0 Å². The summed E-state index contributed by atoms with van der Waals surface area (Å²) in [4.78, 5) is 2.47. The fourth-order valence-electron chi connectivity index (χ4n) is 1.95. The Labute approximate surface area is 98.6 Å². The van der Waals surface area contributed by atoms with E-state index in [4.69, 9.17) is 12.2 Å². The molecule has 88 valence electrons. The minimum atomic E-state index is 0.413. The van der Waals surface area contributed by atoms with Crippen molar-refractivity contribution in [2.75, 3.05) is 19.6 Å². The van der Waals surface area contributed by atoms with Gasteiger partial charge in [0.15, 0.2) is 5.11 Å². The van der Waals surface area contributed by atoms with E-state index in [0.717, 1.165) is 18.2 Å². The van der Waals surface area contributed by atoms with Crippen LogP contribution in [0.25, 0.3) is 0 Å². The zero-order valence-electron chi connectivity index (χ0n) is 10.0. The number of thiocarbonyl (C=S) groups is 1. The van der Waals surface area contributed by atoms with Gasteiger partial charge >= 0.3 is 0 Å². The smallest absolute Gasteiger partial charge is 0.166 e.